The minimum Gasteiger partial charge on any atom is -0.461 e. The lowest BCUT2D eigenvalue weighted by molar-refractivity contribution is -0.0321. The average Bonchev–Trinajstić information content (AvgIpc) is 3.53. The Morgan fingerprint density at radius 3 is 2.70 bits per heavy atom. The molecule has 0 bridgehead atoms. The number of hydrogen-bond donors (Lipinski definition) is 0. The molecule has 0 spiro atoms. The van der Waals surface area contributed by atoms with Crippen molar-refractivity contribution in [3.8, 4) is 17.1 Å². The van der Waals surface area contributed by atoms with Crippen LogP contribution < -0.4 is 4.74 Å². The van der Waals surface area contributed by atoms with E-state index in [1.165, 1.54) is 4.88 Å². The van der Waals surface area contributed by atoms with E-state index >= 15 is 0 Å². The molecule has 4 aromatic rings. The third kappa shape index (κ3) is 2.85. The van der Waals surface area contributed by atoms with Crippen LogP contribution in [0.5, 0.6) is 5.75 Å². The van der Waals surface area contributed by atoms with Crippen molar-refractivity contribution >= 4 is 28.6 Å². The summed E-state index contributed by atoms with van der Waals surface area (Å²) in [6.45, 7) is 0. The number of fused-ring (bicyclic) bond motifs is 3. The molecule has 2 aromatic heterocycles. The molecule has 0 N–H and O–H groups in total. The first kappa shape index (κ1) is 17.8. The molecule has 2 aliphatic heterocycles. The van der Waals surface area contributed by atoms with Gasteiger partial charge in [-0.2, -0.15) is 5.10 Å². The third-order valence-corrected chi connectivity index (χ3v) is 6.76. The van der Waals surface area contributed by atoms with Crippen LogP contribution in [0.4, 0.5) is 0 Å². The van der Waals surface area contributed by atoms with Crippen LogP contribution in [0.2, 0.25) is 5.02 Å². The van der Waals surface area contributed by atoms with Crippen LogP contribution in [0.3, 0.4) is 0 Å². The molecule has 4 nitrogen and oxygen atoms in total. The summed E-state index contributed by atoms with van der Waals surface area (Å²) in [5.41, 5.74) is 3.10. The van der Waals surface area contributed by atoms with Crippen LogP contribution in [0.15, 0.2) is 87.7 Å². The number of benzene rings is 2. The van der Waals surface area contributed by atoms with Gasteiger partial charge in [0.05, 0.1) is 21.7 Å². The van der Waals surface area contributed by atoms with Crippen molar-refractivity contribution < 1.29 is 9.15 Å². The Labute approximate surface area is 183 Å². The van der Waals surface area contributed by atoms with Gasteiger partial charge in [0.15, 0.2) is 5.76 Å². The lowest BCUT2D eigenvalue weighted by atomic mass is 9.98. The van der Waals surface area contributed by atoms with Gasteiger partial charge in [0.25, 0.3) is 0 Å². The summed E-state index contributed by atoms with van der Waals surface area (Å²) in [5, 5.41) is 9.73. The summed E-state index contributed by atoms with van der Waals surface area (Å²) in [4.78, 5) is 1.19. The van der Waals surface area contributed by atoms with Crippen LogP contribution in [-0.4, -0.2) is 10.7 Å². The van der Waals surface area contributed by atoms with E-state index in [4.69, 9.17) is 25.9 Å². The number of para-hydroxylation sites is 1. The summed E-state index contributed by atoms with van der Waals surface area (Å²) < 4.78 is 12.6. The summed E-state index contributed by atoms with van der Waals surface area (Å²) in [5.74, 6) is 2.30. The highest BCUT2D eigenvalue weighted by Crippen LogP contribution is 2.48. The zero-order chi connectivity index (χ0) is 20.1. The van der Waals surface area contributed by atoms with Crippen LogP contribution in [-0.2, 0) is 0 Å². The number of hydrogen-bond acceptors (Lipinski definition) is 5. The Kier molecular flexibility index (Phi) is 4.18. The Bertz CT molecular complexity index is 1250. The number of thiophene rings is 1. The summed E-state index contributed by atoms with van der Waals surface area (Å²) in [6, 6.07) is 24.0. The average molecular weight is 433 g/mol. The second-order valence-electron chi connectivity index (χ2n) is 7.31. The Balaban J connectivity index is 1.42. The standard InChI is InChI=1S/C24H17ClN2O2S/c25-17-8-3-1-6-15(17)21-11-12-22(28-21)24-27-19(16-7-2-4-9-20(16)29-24)14-18(26-27)23-10-5-13-30-23/h1-13,19,24H,14H2/t19-,24+/m1/s1. The van der Waals surface area contributed by atoms with Gasteiger partial charge in [-0.05, 0) is 41.8 Å². The lowest BCUT2D eigenvalue weighted by Crippen LogP contribution is -2.33. The number of nitrogens with zero attached hydrogens (tertiary/aromatic N) is 2. The van der Waals surface area contributed by atoms with Crippen molar-refractivity contribution in [3.05, 3.63) is 99.4 Å². The fraction of sp³-hybridized carbons (Fsp3) is 0.125. The van der Waals surface area contributed by atoms with Crippen molar-refractivity contribution in [2.24, 2.45) is 5.10 Å². The minimum absolute atomic E-state index is 0.117. The van der Waals surface area contributed by atoms with Gasteiger partial charge in [0.2, 0.25) is 6.23 Å². The van der Waals surface area contributed by atoms with E-state index in [0.29, 0.717) is 10.8 Å². The van der Waals surface area contributed by atoms with Crippen molar-refractivity contribution in [1.29, 1.82) is 0 Å². The fourth-order valence-electron chi connectivity index (χ4n) is 4.10. The maximum atomic E-state index is 6.37. The highest BCUT2D eigenvalue weighted by atomic mass is 35.5. The molecule has 2 atom stereocenters. The molecule has 0 unspecified atom stereocenters. The van der Waals surface area contributed by atoms with Gasteiger partial charge < -0.3 is 9.15 Å². The van der Waals surface area contributed by atoms with Gasteiger partial charge in [-0.25, -0.2) is 5.01 Å². The second kappa shape index (κ2) is 7.04. The number of hydrazone groups is 1. The minimum atomic E-state index is -0.432. The topological polar surface area (TPSA) is 38.0 Å². The molecule has 0 amide bonds. The normalized spacial score (nSPS) is 19.8. The first-order valence-corrected chi connectivity index (χ1v) is 11.0. The van der Waals surface area contributed by atoms with Crippen LogP contribution in [0.25, 0.3) is 11.3 Å². The predicted octanol–water partition coefficient (Wildman–Crippen LogP) is 6.90. The van der Waals surface area contributed by atoms with E-state index in [-0.39, 0.29) is 6.04 Å². The largest absolute Gasteiger partial charge is 0.461 e. The predicted molar refractivity (Wildman–Crippen MR) is 119 cm³/mol. The van der Waals surface area contributed by atoms with Gasteiger partial charge in [-0.1, -0.05) is 48.0 Å². The molecule has 0 fully saturated rings. The second-order valence-corrected chi connectivity index (χ2v) is 8.67. The third-order valence-electron chi connectivity index (χ3n) is 5.51. The highest BCUT2D eigenvalue weighted by Gasteiger charge is 2.42. The van der Waals surface area contributed by atoms with E-state index in [0.717, 1.165) is 34.8 Å². The van der Waals surface area contributed by atoms with Gasteiger partial charge in [-0.15, -0.1) is 11.3 Å². The highest BCUT2D eigenvalue weighted by molar-refractivity contribution is 7.12. The number of ether oxygens (including phenoxy) is 1. The van der Waals surface area contributed by atoms with E-state index < -0.39 is 6.23 Å². The van der Waals surface area contributed by atoms with Crippen LogP contribution in [0.1, 0.15) is 34.9 Å². The summed E-state index contributed by atoms with van der Waals surface area (Å²) in [7, 11) is 0. The zero-order valence-electron chi connectivity index (χ0n) is 15.9. The molecule has 6 heteroatoms. The maximum Gasteiger partial charge on any atom is 0.246 e. The summed E-state index contributed by atoms with van der Waals surface area (Å²) >= 11 is 8.07. The molecule has 0 radical (unpaired) electrons. The summed E-state index contributed by atoms with van der Waals surface area (Å²) in [6.07, 6.45) is 0.411. The molecule has 2 aliphatic rings. The molecule has 30 heavy (non-hydrogen) atoms. The van der Waals surface area contributed by atoms with Crippen molar-refractivity contribution in [3.63, 3.8) is 0 Å². The van der Waals surface area contributed by atoms with E-state index in [1.54, 1.807) is 11.3 Å². The molecule has 6 rings (SSSR count). The van der Waals surface area contributed by atoms with E-state index in [9.17, 15) is 0 Å². The van der Waals surface area contributed by atoms with Gasteiger partial charge >= 0.3 is 0 Å². The molecular weight excluding hydrogens is 416 g/mol. The van der Waals surface area contributed by atoms with Crippen molar-refractivity contribution in [1.82, 2.24) is 5.01 Å². The maximum absolute atomic E-state index is 6.37. The van der Waals surface area contributed by atoms with Crippen molar-refractivity contribution in [2.75, 3.05) is 0 Å². The molecule has 0 saturated heterocycles. The lowest BCUT2D eigenvalue weighted by Gasteiger charge is -2.36. The van der Waals surface area contributed by atoms with Crippen LogP contribution in [0, 0.1) is 0 Å². The van der Waals surface area contributed by atoms with E-state index in [2.05, 4.69) is 23.6 Å². The Morgan fingerprint density at radius 2 is 1.83 bits per heavy atom. The first-order valence-electron chi connectivity index (χ1n) is 9.78. The molecule has 2 aromatic carbocycles. The molecule has 148 valence electrons. The first-order chi connectivity index (χ1) is 14.8. The van der Waals surface area contributed by atoms with Gasteiger partial charge in [0, 0.05) is 17.5 Å². The SMILES string of the molecule is Clc1ccccc1-c1ccc([C@@H]2Oc3ccccc3[C@H]3CC(c4cccs4)=NN32)o1. The molecule has 0 saturated carbocycles. The fourth-order valence-corrected chi connectivity index (χ4v) is 5.05. The number of halogens is 1. The molecule has 0 aliphatic carbocycles. The van der Waals surface area contributed by atoms with Gasteiger partial charge in [-0.3, -0.25) is 0 Å². The van der Waals surface area contributed by atoms with Crippen molar-refractivity contribution in [2.45, 2.75) is 18.7 Å². The number of rotatable bonds is 3. The monoisotopic (exact) mass is 432 g/mol. The number of furan rings is 1. The molecule has 4 heterocycles. The van der Waals surface area contributed by atoms with E-state index in [1.807, 2.05) is 59.6 Å². The smallest absolute Gasteiger partial charge is 0.246 e. The quantitative estimate of drug-likeness (QED) is 0.353. The molecular formula is C24H17ClN2O2S. The Morgan fingerprint density at radius 1 is 0.967 bits per heavy atom. The van der Waals surface area contributed by atoms with Crippen LogP contribution >= 0.6 is 22.9 Å². The Hall–Kier alpha value is -3.02. The van der Waals surface area contributed by atoms with Gasteiger partial charge in [0.1, 0.15) is 11.5 Å². The zero-order valence-corrected chi connectivity index (χ0v) is 17.4.